The van der Waals surface area contributed by atoms with Gasteiger partial charge in [0.2, 0.25) is 0 Å². The van der Waals surface area contributed by atoms with E-state index in [1.165, 1.54) is 6.92 Å². The monoisotopic (exact) mass is 151 g/mol. The Labute approximate surface area is 64.6 Å². The van der Waals surface area contributed by atoms with E-state index in [2.05, 4.69) is 0 Å². The molecule has 0 spiro atoms. The summed E-state index contributed by atoms with van der Waals surface area (Å²) in [5, 5.41) is 0. The Kier molecular flexibility index (Phi) is 2.21. The van der Waals surface area contributed by atoms with Crippen LogP contribution in [0, 0.1) is 0 Å². The molecule has 3 heteroatoms. The summed E-state index contributed by atoms with van der Waals surface area (Å²) >= 11 is 0. The lowest BCUT2D eigenvalue weighted by Gasteiger charge is -1.99. The number of hydrogen-bond donors (Lipinski definition) is 0. The van der Waals surface area contributed by atoms with E-state index in [9.17, 15) is 9.59 Å². The molecule has 1 rings (SSSR count). The van der Waals surface area contributed by atoms with Gasteiger partial charge in [-0.15, -0.1) is 0 Å². The van der Waals surface area contributed by atoms with Crippen LogP contribution < -0.4 is 0 Å². The van der Waals surface area contributed by atoms with Crippen molar-refractivity contribution in [3.05, 3.63) is 24.0 Å². The number of aromatic nitrogens is 1. The Morgan fingerprint density at radius 2 is 2.45 bits per heavy atom. The number of carbonyl (C=O) groups is 2. The van der Waals surface area contributed by atoms with E-state index >= 15 is 0 Å². The first kappa shape index (κ1) is 7.72. The minimum atomic E-state index is 0.0456. The summed E-state index contributed by atoms with van der Waals surface area (Å²) in [6, 6.07) is 3.42. The maximum atomic E-state index is 10.6. The van der Waals surface area contributed by atoms with E-state index in [-0.39, 0.29) is 12.3 Å². The van der Waals surface area contributed by atoms with Crippen molar-refractivity contribution in [1.82, 2.24) is 4.57 Å². The zero-order valence-corrected chi connectivity index (χ0v) is 6.28. The molecule has 0 aromatic carbocycles. The quantitative estimate of drug-likeness (QED) is 0.602. The number of nitrogens with zero attached hydrogens (tertiary/aromatic N) is 1. The van der Waals surface area contributed by atoms with Crippen molar-refractivity contribution in [2.24, 2.45) is 0 Å². The summed E-state index contributed by atoms with van der Waals surface area (Å²) in [5.74, 6) is 0.0456. The number of aldehydes is 1. The molecule has 11 heavy (non-hydrogen) atoms. The second-order valence-electron chi connectivity index (χ2n) is 2.38. The second kappa shape index (κ2) is 3.14. The van der Waals surface area contributed by atoms with Crippen LogP contribution in [0.5, 0.6) is 0 Å². The van der Waals surface area contributed by atoms with Crippen molar-refractivity contribution in [3.63, 3.8) is 0 Å². The largest absolute Gasteiger partial charge is 0.338 e. The molecule has 0 saturated carbocycles. The Morgan fingerprint density at radius 1 is 1.73 bits per heavy atom. The first-order valence-electron chi connectivity index (χ1n) is 3.34. The Morgan fingerprint density at radius 3 is 3.00 bits per heavy atom. The van der Waals surface area contributed by atoms with Crippen LogP contribution in [0.2, 0.25) is 0 Å². The zero-order chi connectivity index (χ0) is 8.27. The molecule has 0 bridgehead atoms. The average molecular weight is 151 g/mol. The standard InChI is InChI=1S/C8H9NO2/c1-7(11)5-9-4-2-3-8(9)6-10/h2-4,6H,5H2,1H3. The molecule has 0 aliphatic rings. The molecular formula is C8H9NO2. The van der Waals surface area contributed by atoms with Crippen LogP contribution in [0.3, 0.4) is 0 Å². The number of Topliss-reactive ketones (excluding diaryl/α,β-unsaturated/α-hetero) is 1. The third kappa shape index (κ3) is 1.77. The Bertz CT molecular complexity index is 275. The van der Waals surface area contributed by atoms with E-state index in [1.807, 2.05) is 0 Å². The van der Waals surface area contributed by atoms with Crippen molar-refractivity contribution in [2.45, 2.75) is 13.5 Å². The fourth-order valence-electron chi connectivity index (χ4n) is 0.918. The molecule has 0 saturated heterocycles. The van der Waals surface area contributed by atoms with E-state index in [1.54, 1.807) is 22.9 Å². The molecular weight excluding hydrogens is 142 g/mol. The summed E-state index contributed by atoms with van der Waals surface area (Å²) in [4.78, 5) is 21.0. The van der Waals surface area contributed by atoms with Gasteiger partial charge < -0.3 is 4.57 Å². The van der Waals surface area contributed by atoms with E-state index in [4.69, 9.17) is 0 Å². The lowest BCUT2D eigenvalue weighted by molar-refractivity contribution is -0.117. The highest BCUT2D eigenvalue weighted by Gasteiger charge is 1.99. The van der Waals surface area contributed by atoms with Gasteiger partial charge in [-0.3, -0.25) is 9.59 Å². The molecule has 1 aromatic heterocycles. The highest BCUT2D eigenvalue weighted by Crippen LogP contribution is 1.98. The summed E-state index contributed by atoms with van der Waals surface area (Å²) in [7, 11) is 0. The van der Waals surface area contributed by atoms with Crippen LogP contribution in [0.25, 0.3) is 0 Å². The van der Waals surface area contributed by atoms with E-state index < -0.39 is 0 Å². The van der Waals surface area contributed by atoms with Crippen LogP contribution in [0.1, 0.15) is 17.4 Å². The molecule has 0 amide bonds. The molecule has 3 nitrogen and oxygen atoms in total. The number of hydrogen-bond acceptors (Lipinski definition) is 2. The highest BCUT2D eigenvalue weighted by atomic mass is 16.1. The van der Waals surface area contributed by atoms with Gasteiger partial charge in [0.1, 0.15) is 5.78 Å². The predicted molar refractivity (Wildman–Crippen MR) is 40.5 cm³/mol. The second-order valence-corrected chi connectivity index (χ2v) is 2.38. The average Bonchev–Trinajstić information content (AvgIpc) is 2.34. The summed E-state index contributed by atoms with van der Waals surface area (Å²) in [6.07, 6.45) is 2.45. The van der Waals surface area contributed by atoms with Gasteiger partial charge in [0.15, 0.2) is 6.29 Å². The molecule has 1 aromatic rings. The topological polar surface area (TPSA) is 39.1 Å². The van der Waals surface area contributed by atoms with Gasteiger partial charge >= 0.3 is 0 Å². The van der Waals surface area contributed by atoms with Crippen molar-refractivity contribution in [1.29, 1.82) is 0 Å². The maximum absolute atomic E-state index is 10.6. The third-order valence-corrected chi connectivity index (χ3v) is 1.38. The predicted octanol–water partition coefficient (Wildman–Crippen LogP) is 0.890. The van der Waals surface area contributed by atoms with E-state index in [0.29, 0.717) is 5.69 Å². The first-order chi connectivity index (χ1) is 5.24. The van der Waals surface area contributed by atoms with E-state index in [0.717, 1.165) is 6.29 Å². The summed E-state index contributed by atoms with van der Waals surface area (Å²) in [6.45, 7) is 1.77. The smallest absolute Gasteiger partial charge is 0.166 e. The van der Waals surface area contributed by atoms with Gasteiger partial charge in [-0.05, 0) is 19.1 Å². The highest BCUT2D eigenvalue weighted by molar-refractivity contribution is 5.78. The lowest BCUT2D eigenvalue weighted by Crippen LogP contribution is -2.07. The minimum Gasteiger partial charge on any atom is -0.338 e. The molecule has 58 valence electrons. The minimum absolute atomic E-state index is 0.0456. The number of ketones is 1. The molecule has 1 heterocycles. The van der Waals surface area contributed by atoms with Gasteiger partial charge in [0, 0.05) is 6.20 Å². The van der Waals surface area contributed by atoms with Gasteiger partial charge in [-0.2, -0.15) is 0 Å². The van der Waals surface area contributed by atoms with Crippen molar-refractivity contribution in [3.8, 4) is 0 Å². The third-order valence-electron chi connectivity index (χ3n) is 1.38. The van der Waals surface area contributed by atoms with Gasteiger partial charge in [-0.25, -0.2) is 0 Å². The molecule has 0 unspecified atom stereocenters. The van der Waals surface area contributed by atoms with Crippen LogP contribution in [-0.2, 0) is 11.3 Å². The van der Waals surface area contributed by atoms with Gasteiger partial charge in [-0.1, -0.05) is 0 Å². The molecule has 0 atom stereocenters. The molecule has 0 aliphatic carbocycles. The van der Waals surface area contributed by atoms with Crippen LogP contribution in [0.15, 0.2) is 18.3 Å². The van der Waals surface area contributed by atoms with Gasteiger partial charge in [0.05, 0.1) is 12.2 Å². The van der Waals surface area contributed by atoms with Gasteiger partial charge in [0.25, 0.3) is 0 Å². The summed E-state index contributed by atoms with van der Waals surface area (Å²) < 4.78 is 1.62. The molecule has 0 N–H and O–H groups in total. The van der Waals surface area contributed by atoms with Crippen molar-refractivity contribution >= 4 is 12.1 Å². The SMILES string of the molecule is CC(=O)Cn1cccc1C=O. The fraction of sp³-hybridized carbons (Fsp3) is 0.250. The molecule has 0 aliphatic heterocycles. The van der Waals surface area contributed by atoms with Crippen molar-refractivity contribution < 1.29 is 9.59 Å². The lowest BCUT2D eigenvalue weighted by atomic mass is 10.4. The zero-order valence-electron chi connectivity index (χ0n) is 6.28. The normalized spacial score (nSPS) is 9.55. The first-order valence-corrected chi connectivity index (χ1v) is 3.34. The molecule has 0 fully saturated rings. The van der Waals surface area contributed by atoms with Crippen molar-refractivity contribution in [2.75, 3.05) is 0 Å². The fourth-order valence-corrected chi connectivity index (χ4v) is 0.918. The Hall–Kier alpha value is -1.38. The van der Waals surface area contributed by atoms with Crippen LogP contribution in [-0.4, -0.2) is 16.6 Å². The number of carbonyl (C=O) groups excluding carboxylic acids is 2. The molecule has 0 radical (unpaired) electrons. The maximum Gasteiger partial charge on any atom is 0.166 e. The van der Waals surface area contributed by atoms with Crippen LogP contribution in [0.4, 0.5) is 0 Å². The number of rotatable bonds is 3. The van der Waals surface area contributed by atoms with Crippen LogP contribution >= 0.6 is 0 Å². The Balaban J connectivity index is 2.84. The summed E-state index contributed by atoms with van der Waals surface area (Å²) in [5.41, 5.74) is 0.542.